The monoisotopic (exact) mass is 340 g/mol. The maximum atomic E-state index is 12.3. The number of hydrogen-bond donors (Lipinski definition) is 1. The molecule has 1 aliphatic heterocycles. The van der Waals surface area contributed by atoms with E-state index in [0.717, 1.165) is 16.8 Å². The molecule has 0 fully saturated rings. The summed E-state index contributed by atoms with van der Waals surface area (Å²) in [7, 11) is 4.88. The quantitative estimate of drug-likeness (QED) is 0.908. The molecule has 1 heterocycles. The normalized spacial score (nSPS) is 12.8. The molecule has 0 radical (unpaired) electrons. The van der Waals surface area contributed by atoms with Crippen LogP contribution in [0.2, 0.25) is 0 Å². The van der Waals surface area contributed by atoms with E-state index in [1.165, 1.54) is 0 Å². The minimum absolute atomic E-state index is 0.0591. The molecular weight excluding hydrogens is 320 g/mol. The zero-order valence-electron chi connectivity index (χ0n) is 14.5. The number of methoxy groups -OCH3 is 2. The molecule has 0 aliphatic carbocycles. The van der Waals surface area contributed by atoms with E-state index >= 15 is 0 Å². The fourth-order valence-corrected chi connectivity index (χ4v) is 2.93. The van der Waals surface area contributed by atoms with Gasteiger partial charge in [-0.15, -0.1) is 0 Å². The van der Waals surface area contributed by atoms with Crippen molar-refractivity contribution in [3.05, 3.63) is 47.5 Å². The summed E-state index contributed by atoms with van der Waals surface area (Å²) in [5.74, 6) is 1.14. The van der Waals surface area contributed by atoms with E-state index in [4.69, 9.17) is 9.47 Å². The van der Waals surface area contributed by atoms with Gasteiger partial charge in [0.1, 0.15) is 0 Å². The topological polar surface area (TPSA) is 67.9 Å². The summed E-state index contributed by atoms with van der Waals surface area (Å²) in [5, 5.41) is 2.88. The van der Waals surface area contributed by atoms with Gasteiger partial charge in [-0.05, 0) is 41.5 Å². The molecule has 1 aliphatic rings. The van der Waals surface area contributed by atoms with Crippen LogP contribution in [0, 0.1) is 0 Å². The molecule has 2 aromatic rings. The maximum Gasteiger partial charge on any atom is 0.231 e. The van der Waals surface area contributed by atoms with Gasteiger partial charge in [0.05, 0.1) is 27.1 Å². The van der Waals surface area contributed by atoms with Crippen molar-refractivity contribution in [2.45, 2.75) is 12.8 Å². The summed E-state index contributed by atoms with van der Waals surface area (Å²) in [6.45, 7) is 0. The van der Waals surface area contributed by atoms with Crippen LogP contribution < -0.4 is 19.7 Å². The highest BCUT2D eigenvalue weighted by atomic mass is 16.5. The minimum atomic E-state index is -0.134. The standard InChI is InChI=1S/C19H20N2O4/c1-21-15-6-5-14(10-13(15)11-19(21)23)20-18(22)9-12-4-7-16(24-2)17(8-12)25-3/h4-8,10H,9,11H2,1-3H3,(H,20,22). The van der Waals surface area contributed by atoms with Gasteiger partial charge in [-0.2, -0.15) is 0 Å². The third-order valence-corrected chi connectivity index (χ3v) is 4.25. The Labute approximate surface area is 146 Å². The van der Waals surface area contributed by atoms with E-state index in [1.807, 2.05) is 18.2 Å². The number of carbonyl (C=O) groups is 2. The van der Waals surface area contributed by atoms with E-state index in [0.29, 0.717) is 23.6 Å². The maximum absolute atomic E-state index is 12.3. The average molecular weight is 340 g/mol. The van der Waals surface area contributed by atoms with Crippen molar-refractivity contribution in [1.82, 2.24) is 0 Å². The first-order valence-electron chi connectivity index (χ1n) is 7.92. The molecule has 1 N–H and O–H groups in total. The molecule has 6 heteroatoms. The van der Waals surface area contributed by atoms with Crippen LogP contribution in [0.15, 0.2) is 36.4 Å². The number of benzene rings is 2. The van der Waals surface area contributed by atoms with Crippen molar-refractivity contribution in [2.75, 3.05) is 31.5 Å². The third-order valence-electron chi connectivity index (χ3n) is 4.25. The number of nitrogens with one attached hydrogen (secondary N) is 1. The Hall–Kier alpha value is -3.02. The van der Waals surface area contributed by atoms with Gasteiger partial charge in [0, 0.05) is 18.4 Å². The molecule has 2 amide bonds. The first kappa shape index (κ1) is 16.8. The van der Waals surface area contributed by atoms with Gasteiger partial charge in [-0.1, -0.05) is 6.07 Å². The predicted molar refractivity (Wildman–Crippen MR) is 95.4 cm³/mol. The van der Waals surface area contributed by atoms with Crippen LogP contribution in [0.5, 0.6) is 11.5 Å². The zero-order chi connectivity index (χ0) is 18.0. The van der Waals surface area contributed by atoms with Gasteiger partial charge in [-0.25, -0.2) is 0 Å². The highest BCUT2D eigenvalue weighted by Gasteiger charge is 2.24. The van der Waals surface area contributed by atoms with Crippen molar-refractivity contribution in [3.8, 4) is 11.5 Å². The smallest absolute Gasteiger partial charge is 0.231 e. The first-order chi connectivity index (χ1) is 12.0. The van der Waals surface area contributed by atoms with Gasteiger partial charge < -0.3 is 19.7 Å². The number of amides is 2. The van der Waals surface area contributed by atoms with Crippen molar-refractivity contribution in [2.24, 2.45) is 0 Å². The van der Waals surface area contributed by atoms with Crippen LogP contribution in [-0.2, 0) is 22.4 Å². The SMILES string of the molecule is COc1ccc(CC(=O)Nc2ccc3c(c2)CC(=O)N3C)cc1OC. The van der Waals surface area contributed by atoms with Crippen LogP contribution in [0.1, 0.15) is 11.1 Å². The van der Waals surface area contributed by atoms with Gasteiger partial charge in [0.2, 0.25) is 11.8 Å². The van der Waals surface area contributed by atoms with Gasteiger partial charge >= 0.3 is 0 Å². The Morgan fingerprint density at radius 1 is 1.12 bits per heavy atom. The third kappa shape index (κ3) is 3.42. The molecule has 0 saturated heterocycles. The molecule has 3 rings (SSSR count). The number of anilines is 2. The van der Waals surface area contributed by atoms with Crippen LogP contribution in [0.3, 0.4) is 0 Å². The fraction of sp³-hybridized carbons (Fsp3) is 0.263. The number of rotatable bonds is 5. The molecule has 0 aromatic heterocycles. The number of hydrogen-bond acceptors (Lipinski definition) is 4. The Bertz CT molecular complexity index is 832. The van der Waals surface area contributed by atoms with Crippen molar-refractivity contribution in [1.29, 1.82) is 0 Å². The molecule has 0 unspecified atom stereocenters. The van der Waals surface area contributed by atoms with Gasteiger partial charge in [0.25, 0.3) is 0 Å². The van der Waals surface area contributed by atoms with E-state index in [-0.39, 0.29) is 18.2 Å². The molecule has 25 heavy (non-hydrogen) atoms. The Morgan fingerprint density at radius 3 is 2.60 bits per heavy atom. The van der Waals surface area contributed by atoms with E-state index in [2.05, 4.69) is 5.32 Å². The van der Waals surface area contributed by atoms with Crippen LogP contribution in [0.4, 0.5) is 11.4 Å². The fourth-order valence-electron chi connectivity index (χ4n) is 2.93. The van der Waals surface area contributed by atoms with Crippen LogP contribution in [0.25, 0.3) is 0 Å². The number of fused-ring (bicyclic) bond motifs is 1. The summed E-state index contributed by atoms with van der Waals surface area (Å²) in [4.78, 5) is 25.7. The van der Waals surface area contributed by atoms with E-state index in [1.54, 1.807) is 44.4 Å². The van der Waals surface area contributed by atoms with Crippen molar-refractivity contribution < 1.29 is 19.1 Å². The highest BCUT2D eigenvalue weighted by molar-refractivity contribution is 6.02. The highest BCUT2D eigenvalue weighted by Crippen LogP contribution is 2.30. The zero-order valence-corrected chi connectivity index (χ0v) is 14.5. The molecule has 130 valence electrons. The second-order valence-electron chi connectivity index (χ2n) is 5.89. The number of likely N-dealkylation sites (N-methyl/N-ethyl adjacent to an activating group) is 1. The largest absolute Gasteiger partial charge is 0.493 e. The van der Waals surface area contributed by atoms with Crippen LogP contribution in [-0.4, -0.2) is 33.1 Å². The molecule has 6 nitrogen and oxygen atoms in total. The Kier molecular flexibility index (Phi) is 4.61. The predicted octanol–water partition coefficient (Wildman–Crippen LogP) is 2.40. The lowest BCUT2D eigenvalue weighted by Crippen LogP contribution is -2.20. The van der Waals surface area contributed by atoms with Gasteiger partial charge in [-0.3, -0.25) is 9.59 Å². The summed E-state index contributed by atoms with van der Waals surface area (Å²) in [5.41, 5.74) is 3.33. The summed E-state index contributed by atoms with van der Waals surface area (Å²) in [6, 6.07) is 10.9. The number of carbonyl (C=O) groups excluding carboxylic acids is 2. The van der Waals surface area contributed by atoms with Crippen molar-refractivity contribution >= 4 is 23.2 Å². The van der Waals surface area contributed by atoms with E-state index < -0.39 is 0 Å². The first-order valence-corrected chi connectivity index (χ1v) is 7.92. The van der Waals surface area contributed by atoms with E-state index in [9.17, 15) is 9.59 Å². The molecule has 0 atom stereocenters. The molecule has 2 aromatic carbocycles. The lowest BCUT2D eigenvalue weighted by Gasteiger charge is -2.12. The summed E-state index contributed by atoms with van der Waals surface area (Å²) < 4.78 is 10.4. The second kappa shape index (κ2) is 6.84. The van der Waals surface area contributed by atoms with Gasteiger partial charge in [0.15, 0.2) is 11.5 Å². The second-order valence-corrected chi connectivity index (χ2v) is 5.89. The number of nitrogens with zero attached hydrogens (tertiary/aromatic N) is 1. The molecule has 0 bridgehead atoms. The number of ether oxygens (including phenoxy) is 2. The molecule has 0 spiro atoms. The molecular formula is C19H20N2O4. The lowest BCUT2D eigenvalue weighted by molar-refractivity contribution is -0.117. The molecule has 0 saturated carbocycles. The Balaban J connectivity index is 1.69. The summed E-state index contributed by atoms with van der Waals surface area (Å²) in [6.07, 6.45) is 0.585. The average Bonchev–Trinajstić information content (AvgIpc) is 2.88. The Morgan fingerprint density at radius 2 is 1.88 bits per heavy atom. The summed E-state index contributed by atoms with van der Waals surface area (Å²) >= 11 is 0. The van der Waals surface area contributed by atoms with Crippen molar-refractivity contribution in [3.63, 3.8) is 0 Å². The lowest BCUT2D eigenvalue weighted by atomic mass is 10.1. The van der Waals surface area contributed by atoms with Crippen LogP contribution >= 0.6 is 0 Å². The minimum Gasteiger partial charge on any atom is -0.493 e.